The van der Waals surface area contributed by atoms with Crippen molar-refractivity contribution in [3.05, 3.63) is 47.1 Å². The molecule has 10 heteroatoms. The Labute approximate surface area is 158 Å². The minimum atomic E-state index is -0.745. The molecule has 1 saturated heterocycles. The van der Waals surface area contributed by atoms with Crippen LogP contribution in [0, 0.1) is 18.6 Å². The van der Waals surface area contributed by atoms with E-state index in [9.17, 15) is 13.6 Å². The molecule has 1 aromatic carbocycles. The summed E-state index contributed by atoms with van der Waals surface area (Å²) >= 11 is 0. The Balaban J connectivity index is 1.38. The van der Waals surface area contributed by atoms with Gasteiger partial charge < -0.3 is 9.42 Å². The number of carbonyl (C=O) groups is 1. The number of piperidine rings is 1. The van der Waals surface area contributed by atoms with Gasteiger partial charge in [-0.2, -0.15) is 4.98 Å². The molecule has 1 aliphatic heterocycles. The predicted molar refractivity (Wildman–Crippen MR) is 90.9 cm³/mol. The van der Waals surface area contributed by atoms with Crippen LogP contribution in [-0.4, -0.2) is 44.4 Å². The Morgan fingerprint density at radius 1 is 1.21 bits per heavy atom. The first-order valence-corrected chi connectivity index (χ1v) is 8.86. The number of nitrogens with zero attached hydrogens (tertiary/aromatic N) is 5. The molecule has 0 unspecified atom stereocenters. The first-order chi connectivity index (χ1) is 13.5. The van der Waals surface area contributed by atoms with Gasteiger partial charge in [-0.05, 0) is 31.9 Å². The Morgan fingerprint density at radius 2 is 2.00 bits per heavy atom. The number of aryl methyl sites for hydroxylation is 1. The van der Waals surface area contributed by atoms with Crippen molar-refractivity contribution in [2.45, 2.75) is 32.1 Å². The van der Waals surface area contributed by atoms with Crippen LogP contribution in [0.5, 0.6) is 0 Å². The molecule has 1 amide bonds. The van der Waals surface area contributed by atoms with E-state index >= 15 is 0 Å². The van der Waals surface area contributed by atoms with Gasteiger partial charge in [0.2, 0.25) is 17.6 Å². The summed E-state index contributed by atoms with van der Waals surface area (Å²) in [5.41, 5.74) is 1.23. The lowest BCUT2D eigenvalue weighted by Gasteiger charge is -2.30. The standard InChI is InChI=1S/C18H17F2N5O3/c1-10-15(23-28-22-10)9-16(26)25-6-4-11(5-7-25)18-21-17(24-27-18)13-3-2-12(19)8-14(13)20/h2-3,8,11H,4-7,9H2,1H3. The topological polar surface area (TPSA) is 98.2 Å². The average molecular weight is 389 g/mol. The van der Waals surface area contributed by atoms with Gasteiger partial charge in [0, 0.05) is 25.1 Å². The monoisotopic (exact) mass is 389 g/mol. The molecule has 3 heterocycles. The number of hydrogen-bond acceptors (Lipinski definition) is 7. The van der Waals surface area contributed by atoms with E-state index in [1.807, 2.05) is 0 Å². The van der Waals surface area contributed by atoms with Crippen molar-refractivity contribution < 1.29 is 22.7 Å². The largest absolute Gasteiger partial charge is 0.342 e. The molecule has 0 aliphatic carbocycles. The van der Waals surface area contributed by atoms with Gasteiger partial charge in [-0.25, -0.2) is 13.4 Å². The predicted octanol–water partition coefficient (Wildman–Crippen LogP) is 2.65. The second-order valence-electron chi connectivity index (χ2n) is 6.71. The fourth-order valence-electron chi connectivity index (χ4n) is 3.22. The number of carbonyl (C=O) groups excluding carboxylic acids is 1. The van der Waals surface area contributed by atoms with Crippen molar-refractivity contribution in [1.29, 1.82) is 0 Å². The van der Waals surface area contributed by atoms with E-state index in [2.05, 4.69) is 25.1 Å². The Morgan fingerprint density at radius 3 is 2.68 bits per heavy atom. The fourth-order valence-corrected chi connectivity index (χ4v) is 3.22. The third kappa shape index (κ3) is 3.62. The number of halogens is 2. The van der Waals surface area contributed by atoms with Crippen LogP contribution in [0.15, 0.2) is 27.4 Å². The van der Waals surface area contributed by atoms with Crippen molar-refractivity contribution in [3.8, 4) is 11.4 Å². The summed E-state index contributed by atoms with van der Waals surface area (Å²) in [6.45, 7) is 2.81. The van der Waals surface area contributed by atoms with E-state index in [1.54, 1.807) is 11.8 Å². The molecule has 1 fully saturated rings. The van der Waals surface area contributed by atoms with Crippen LogP contribution >= 0.6 is 0 Å². The highest BCUT2D eigenvalue weighted by Crippen LogP contribution is 2.29. The van der Waals surface area contributed by atoms with E-state index < -0.39 is 11.6 Å². The minimum absolute atomic E-state index is 0.0238. The summed E-state index contributed by atoms with van der Waals surface area (Å²) in [4.78, 5) is 18.4. The van der Waals surface area contributed by atoms with Crippen molar-refractivity contribution >= 4 is 5.91 Å². The summed E-state index contributed by atoms with van der Waals surface area (Å²) in [6.07, 6.45) is 1.44. The molecule has 0 N–H and O–H groups in total. The Bertz CT molecular complexity index is 995. The molecule has 4 rings (SSSR count). The van der Waals surface area contributed by atoms with Gasteiger partial charge in [-0.15, -0.1) is 0 Å². The molecule has 146 valence electrons. The molecule has 0 spiro atoms. The van der Waals surface area contributed by atoms with Crippen LogP contribution in [0.4, 0.5) is 8.78 Å². The Kier molecular flexibility index (Phi) is 4.84. The van der Waals surface area contributed by atoms with Gasteiger partial charge in [0.25, 0.3) is 0 Å². The molecular weight excluding hydrogens is 372 g/mol. The number of rotatable bonds is 4. The van der Waals surface area contributed by atoms with Crippen LogP contribution in [-0.2, 0) is 11.2 Å². The molecular formula is C18H17F2N5O3. The van der Waals surface area contributed by atoms with E-state index in [0.29, 0.717) is 43.2 Å². The van der Waals surface area contributed by atoms with Gasteiger partial charge in [-0.1, -0.05) is 15.5 Å². The van der Waals surface area contributed by atoms with E-state index in [-0.39, 0.29) is 29.6 Å². The normalized spacial score (nSPS) is 15.2. The zero-order chi connectivity index (χ0) is 19.7. The molecule has 28 heavy (non-hydrogen) atoms. The van der Waals surface area contributed by atoms with Crippen LogP contribution in [0.3, 0.4) is 0 Å². The maximum absolute atomic E-state index is 13.9. The van der Waals surface area contributed by atoms with Gasteiger partial charge in [-0.3, -0.25) is 4.79 Å². The summed E-state index contributed by atoms with van der Waals surface area (Å²) < 4.78 is 36.8. The molecule has 0 bridgehead atoms. The summed E-state index contributed by atoms with van der Waals surface area (Å²) in [5.74, 6) is -1.01. The average Bonchev–Trinajstić information content (AvgIpc) is 3.32. The van der Waals surface area contributed by atoms with Crippen LogP contribution < -0.4 is 0 Å². The summed E-state index contributed by atoms with van der Waals surface area (Å²) in [5, 5.41) is 11.2. The molecule has 0 atom stereocenters. The number of hydrogen-bond donors (Lipinski definition) is 0. The quantitative estimate of drug-likeness (QED) is 0.676. The lowest BCUT2D eigenvalue weighted by molar-refractivity contribution is -0.131. The number of aromatic nitrogens is 4. The number of benzene rings is 1. The maximum Gasteiger partial charge on any atom is 0.230 e. The first-order valence-electron chi connectivity index (χ1n) is 8.86. The van der Waals surface area contributed by atoms with Crippen LogP contribution in [0.2, 0.25) is 0 Å². The lowest BCUT2D eigenvalue weighted by Crippen LogP contribution is -2.39. The van der Waals surface area contributed by atoms with Gasteiger partial charge in [0.15, 0.2) is 0 Å². The highest BCUT2D eigenvalue weighted by atomic mass is 19.1. The smallest absolute Gasteiger partial charge is 0.230 e. The molecule has 0 radical (unpaired) electrons. The summed E-state index contributed by atoms with van der Waals surface area (Å²) in [6, 6.07) is 3.20. The molecule has 1 aliphatic rings. The van der Waals surface area contributed by atoms with Crippen molar-refractivity contribution in [2.24, 2.45) is 0 Å². The van der Waals surface area contributed by atoms with Crippen molar-refractivity contribution in [1.82, 2.24) is 25.4 Å². The third-order valence-corrected chi connectivity index (χ3v) is 4.88. The lowest BCUT2D eigenvalue weighted by atomic mass is 9.96. The highest BCUT2D eigenvalue weighted by molar-refractivity contribution is 5.78. The second-order valence-corrected chi connectivity index (χ2v) is 6.71. The van der Waals surface area contributed by atoms with E-state index in [0.717, 1.165) is 12.1 Å². The SMILES string of the molecule is Cc1nonc1CC(=O)N1CCC(c2nc(-c3ccc(F)cc3F)no2)CC1. The van der Waals surface area contributed by atoms with Gasteiger partial charge in [0.1, 0.15) is 23.0 Å². The molecule has 0 saturated carbocycles. The Hall–Kier alpha value is -3.17. The number of amides is 1. The zero-order valence-electron chi connectivity index (χ0n) is 15.1. The zero-order valence-corrected chi connectivity index (χ0v) is 15.1. The first kappa shape index (κ1) is 18.2. The molecule has 3 aromatic rings. The van der Waals surface area contributed by atoms with Crippen LogP contribution in [0.25, 0.3) is 11.4 Å². The molecule has 8 nitrogen and oxygen atoms in total. The third-order valence-electron chi connectivity index (χ3n) is 4.88. The maximum atomic E-state index is 13.9. The fraction of sp³-hybridized carbons (Fsp3) is 0.389. The van der Waals surface area contributed by atoms with Gasteiger partial charge in [0.05, 0.1) is 12.0 Å². The highest BCUT2D eigenvalue weighted by Gasteiger charge is 2.28. The van der Waals surface area contributed by atoms with Crippen LogP contribution in [0.1, 0.15) is 36.0 Å². The van der Waals surface area contributed by atoms with Gasteiger partial charge >= 0.3 is 0 Å². The molecule has 2 aromatic heterocycles. The minimum Gasteiger partial charge on any atom is -0.342 e. The van der Waals surface area contributed by atoms with Crippen molar-refractivity contribution in [3.63, 3.8) is 0 Å². The van der Waals surface area contributed by atoms with E-state index in [1.165, 1.54) is 6.07 Å². The number of likely N-dealkylation sites (tertiary alicyclic amines) is 1. The van der Waals surface area contributed by atoms with Crippen molar-refractivity contribution in [2.75, 3.05) is 13.1 Å². The summed E-state index contributed by atoms with van der Waals surface area (Å²) in [7, 11) is 0. The van der Waals surface area contributed by atoms with E-state index in [4.69, 9.17) is 4.52 Å². The second kappa shape index (κ2) is 7.45.